The monoisotopic (exact) mass is 495 g/mol. The first kappa shape index (κ1) is 25.2. The Balaban J connectivity index is 1.57. The van der Waals surface area contributed by atoms with Gasteiger partial charge in [-0.05, 0) is 49.8 Å². The molecule has 0 bridgehead atoms. The molecule has 2 N–H and O–H groups in total. The van der Waals surface area contributed by atoms with E-state index in [1.54, 1.807) is 11.9 Å². The summed E-state index contributed by atoms with van der Waals surface area (Å²) >= 11 is 0. The predicted octanol–water partition coefficient (Wildman–Crippen LogP) is 4.32. The number of halogens is 4. The zero-order valence-corrected chi connectivity index (χ0v) is 19.5. The Bertz CT molecular complexity index is 1030. The lowest BCUT2D eigenvalue weighted by molar-refractivity contribution is -0.137. The van der Waals surface area contributed by atoms with Crippen molar-refractivity contribution in [3.8, 4) is 0 Å². The Morgan fingerprint density at radius 1 is 1.17 bits per heavy atom. The highest BCUT2D eigenvalue weighted by Crippen LogP contribution is 2.38. The first-order chi connectivity index (χ1) is 16.7. The van der Waals surface area contributed by atoms with Crippen molar-refractivity contribution < 1.29 is 27.1 Å². The smallest absolute Gasteiger partial charge is 0.381 e. The van der Waals surface area contributed by atoms with Crippen molar-refractivity contribution in [2.75, 3.05) is 43.6 Å². The molecular weight excluding hydrogens is 466 g/mol. The van der Waals surface area contributed by atoms with Crippen LogP contribution in [-0.2, 0) is 15.7 Å². The summed E-state index contributed by atoms with van der Waals surface area (Å²) < 4.78 is 60.0. The third kappa shape index (κ3) is 5.34. The van der Waals surface area contributed by atoms with Crippen LogP contribution < -0.4 is 15.5 Å². The fraction of sp³-hybridized carbons (Fsp3) is 0.542. The minimum absolute atomic E-state index is 0.0125. The molecule has 1 amide bonds. The van der Waals surface area contributed by atoms with Gasteiger partial charge in [-0.2, -0.15) is 17.6 Å². The number of piperidine rings is 1. The average molecular weight is 496 g/mol. The minimum atomic E-state index is -4.42. The molecule has 190 valence electrons. The first-order valence-corrected chi connectivity index (χ1v) is 11.7. The SMILES string of the molecule is CNC(=O)C1(CNc2ncnc(N3CCCCC3c3ccc(C(F)(F)F)cc3)c2F)CCOCC1. The van der Waals surface area contributed by atoms with E-state index in [-0.39, 0.29) is 30.1 Å². The van der Waals surface area contributed by atoms with E-state index in [9.17, 15) is 18.0 Å². The van der Waals surface area contributed by atoms with E-state index in [1.807, 2.05) is 0 Å². The van der Waals surface area contributed by atoms with Crippen molar-refractivity contribution in [2.45, 2.75) is 44.3 Å². The van der Waals surface area contributed by atoms with Crippen molar-refractivity contribution in [1.29, 1.82) is 0 Å². The van der Waals surface area contributed by atoms with Crippen LogP contribution in [0, 0.1) is 11.2 Å². The summed E-state index contributed by atoms with van der Waals surface area (Å²) in [5, 5.41) is 5.69. The lowest BCUT2D eigenvalue weighted by Gasteiger charge is -2.37. The number of amides is 1. The first-order valence-electron chi connectivity index (χ1n) is 11.7. The van der Waals surface area contributed by atoms with Gasteiger partial charge in [-0.1, -0.05) is 12.1 Å². The third-order valence-corrected chi connectivity index (χ3v) is 6.92. The number of hydrogen-bond donors (Lipinski definition) is 2. The molecule has 0 radical (unpaired) electrons. The van der Waals surface area contributed by atoms with Gasteiger partial charge in [0.2, 0.25) is 11.7 Å². The van der Waals surface area contributed by atoms with Crippen LogP contribution in [0.25, 0.3) is 0 Å². The molecular formula is C24H29F4N5O2. The van der Waals surface area contributed by atoms with Gasteiger partial charge in [0.1, 0.15) is 6.33 Å². The maximum absolute atomic E-state index is 15.6. The lowest BCUT2D eigenvalue weighted by atomic mass is 9.79. The molecule has 7 nitrogen and oxygen atoms in total. The maximum Gasteiger partial charge on any atom is 0.416 e. The number of nitrogens with zero attached hydrogens (tertiary/aromatic N) is 3. The van der Waals surface area contributed by atoms with Crippen molar-refractivity contribution in [3.05, 3.63) is 47.5 Å². The second-order valence-corrected chi connectivity index (χ2v) is 9.01. The summed E-state index contributed by atoms with van der Waals surface area (Å²) in [5.74, 6) is -0.707. The molecule has 2 aromatic rings. The van der Waals surface area contributed by atoms with E-state index < -0.39 is 23.0 Å². The minimum Gasteiger partial charge on any atom is -0.381 e. The normalized spacial score (nSPS) is 20.4. The highest BCUT2D eigenvalue weighted by molar-refractivity contribution is 5.83. The van der Waals surface area contributed by atoms with E-state index in [2.05, 4.69) is 20.6 Å². The number of carbonyl (C=O) groups is 1. The number of benzene rings is 1. The molecule has 0 spiro atoms. The molecule has 0 aliphatic carbocycles. The van der Waals surface area contributed by atoms with Crippen LogP contribution in [0.5, 0.6) is 0 Å². The summed E-state index contributed by atoms with van der Waals surface area (Å²) in [6.07, 6.45) is 0.191. The van der Waals surface area contributed by atoms with Crippen LogP contribution in [0.15, 0.2) is 30.6 Å². The standard InChI is InChI=1S/C24H29F4N5O2/c1-29-22(34)23(9-12-35-13-10-23)14-30-20-19(25)21(32-15-31-20)33-11-3-2-4-18(33)16-5-7-17(8-6-16)24(26,27)28/h5-8,15,18H,2-4,9-14H2,1H3,(H,29,34)(H,30,31,32). The van der Waals surface area contributed by atoms with Crippen LogP contribution in [0.3, 0.4) is 0 Å². The molecule has 2 saturated heterocycles. The van der Waals surface area contributed by atoms with Crippen molar-refractivity contribution in [1.82, 2.24) is 15.3 Å². The summed E-state index contributed by atoms with van der Waals surface area (Å²) in [4.78, 5) is 22.6. The highest BCUT2D eigenvalue weighted by atomic mass is 19.4. The Morgan fingerprint density at radius 3 is 2.54 bits per heavy atom. The number of carbonyl (C=O) groups excluding carboxylic acids is 1. The highest BCUT2D eigenvalue weighted by Gasteiger charge is 2.40. The largest absolute Gasteiger partial charge is 0.416 e. The predicted molar refractivity (Wildman–Crippen MR) is 122 cm³/mol. The third-order valence-electron chi connectivity index (χ3n) is 6.92. The molecule has 0 saturated carbocycles. The van der Waals surface area contributed by atoms with Crippen LogP contribution in [0.2, 0.25) is 0 Å². The van der Waals surface area contributed by atoms with Gasteiger partial charge >= 0.3 is 6.18 Å². The van der Waals surface area contributed by atoms with Crippen LogP contribution in [0.4, 0.5) is 29.2 Å². The molecule has 1 unspecified atom stereocenters. The Morgan fingerprint density at radius 2 is 1.89 bits per heavy atom. The molecule has 1 aromatic heterocycles. The van der Waals surface area contributed by atoms with Crippen molar-refractivity contribution in [3.63, 3.8) is 0 Å². The van der Waals surface area contributed by atoms with Gasteiger partial charge in [0, 0.05) is 33.4 Å². The average Bonchev–Trinajstić information content (AvgIpc) is 2.88. The van der Waals surface area contributed by atoms with E-state index >= 15 is 4.39 Å². The Labute approximate surface area is 201 Å². The van der Waals surface area contributed by atoms with E-state index in [1.165, 1.54) is 18.5 Å². The van der Waals surface area contributed by atoms with Crippen molar-refractivity contribution in [2.24, 2.45) is 5.41 Å². The van der Waals surface area contributed by atoms with E-state index in [0.29, 0.717) is 44.6 Å². The maximum atomic E-state index is 15.6. The summed E-state index contributed by atoms with van der Waals surface area (Å²) in [6, 6.07) is 4.69. The van der Waals surface area contributed by atoms with E-state index in [4.69, 9.17) is 4.74 Å². The fourth-order valence-electron chi connectivity index (χ4n) is 4.87. The number of alkyl halides is 3. The van der Waals surface area contributed by atoms with Crippen molar-refractivity contribution >= 4 is 17.5 Å². The topological polar surface area (TPSA) is 79.4 Å². The molecule has 35 heavy (non-hydrogen) atoms. The second-order valence-electron chi connectivity index (χ2n) is 9.01. The fourth-order valence-corrected chi connectivity index (χ4v) is 4.87. The number of anilines is 2. The number of aromatic nitrogens is 2. The molecule has 1 atom stereocenters. The quantitative estimate of drug-likeness (QED) is 0.582. The molecule has 1 aromatic carbocycles. The van der Waals surface area contributed by atoms with E-state index in [0.717, 1.165) is 25.0 Å². The summed E-state index contributed by atoms with van der Waals surface area (Å²) in [5.41, 5.74) is -0.786. The van der Waals surface area contributed by atoms with Gasteiger partial charge in [-0.3, -0.25) is 4.79 Å². The zero-order chi connectivity index (χ0) is 25.1. The molecule has 3 heterocycles. The molecule has 11 heteroatoms. The van der Waals surface area contributed by atoms with Gasteiger partial charge in [0.25, 0.3) is 0 Å². The molecule has 2 aliphatic heterocycles. The Hall–Kier alpha value is -2.95. The number of hydrogen-bond acceptors (Lipinski definition) is 6. The van der Waals surface area contributed by atoms with Crippen LogP contribution in [0.1, 0.15) is 49.3 Å². The van der Waals surface area contributed by atoms with Gasteiger partial charge in [0.05, 0.1) is 17.0 Å². The number of nitrogens with one attached hydrogen (secondary N) is 2. The molecule has 2 fully saturated rings. The zero-order valence-electron chi connectivity index (χ0n) is 19.5. The lowest BCUT2D eigenvalue weighted by Crippen LogP contribution is -2.47. The van der Waals surface area contributed by atoms with Gasteiger partial charge in [-0.15, -0.1) is 0 Å². The number of rotatable bonds is 6. The number of ether oxygens (including phenoxy) is 1. The van der Waals surface area contributed by atoms with Gasteiger partial charge in [-0.25, -0.2) is 9.97 Å². The van der Waals surface area contributed by atoms with Crippen LogP contribution >= 0.6 is 0 Å². The Kier molecular flexibility index (Phi) is 7.44. The summed E-state index contributed by atoms with van der Waals surface area (Å²) in [7, 11) is 1.57. The summed E-state index contributed by atoms with van der Waals surface area (Å²) in [6.45, 7) is 1.58. The van der Waals surface area contributed by atoms with Gasteiger partial charge < -0.3 is 20.3 Å². The second kappa shape index (κ2) is 10.3. The molecule has 4 rings (SSSR count). The van der Waals surface area contributed by atoms with Crippen LogP contribution in [-0.4, -0.2) is 49.2 Å². The molecule has 2 aliphatic rings. The van der Waals surface area contributed by atoms with Gasteiger partial charge in [0.15, 0.2) is 11.6 Å².